The lowest BCUT2D eigenvalue weighted by molar-refractivity contribution is -0.123. The molecule has 0 saturated carbocycles. The van der Waals surface area contributed by atoms with Gasteiger partial charge >= 0.3 is 0 Å². The largest absolute Gasteiger partial charge is 0.342 e. The Kier molecular flexibility index (Phi) is 9.20. The number of nitriles is 1. The van der Waals surface area contributed by atoms with Crippen LogP contribution in [0.4, 0.5) is 8.78 Å². The number of hydrogen-bond acceptors (Lipinski definition) is 4. The molecular formula is C27H27F2N3OS. The van der Waals surface area contributed by atoms with E-state index in [0.29, 0.717) is 12.8 Å². The summed E-state index contributed by atoms with van der Waals surface area (Å²) in [6.45, 7) is 1.83. The van der Waals surface area contributed by atoms with Crippen molar-refractivity contribution in [2.24, 2.45) is 0 Å². The number of carbonyl (C=O) groups is 1. The predicted octanol–water partition coefficient (Wildman–Crippen LogP) is 5.84. The standard InChI is InChI=1S/C27H27F2N3OS/c1-3-4-25(27(33)31-16-15-30)32-26(23-14-11-21(28)17-24(23)29)20-7-5-18(6-8-20)19-9-12-22(34-2)13-10-19/h5-14,17,25-26,32H,3-4,16H2,1-2H3,(H,31,33). The molecule has 0 fully saturated rings. The van der Waals surface area contributed by atoms with E-state index in [1.54, 1.807) is 11.8 Å². The molecule has 0 bridgehead atoms. The zero-order chi connectivity index (χ0) is 24.5. The second-order valence-corrected chi connectivity index (χ2v) is 8.71. The van der Waals surface area contributed by atoms with Crippen LogP contribution in [0.5, 0.6) is 0 Å². The summed E-state index contributed by atoms with van der Waals surface area (Å²) in [5.41, 5.74) is 3.05. The van der Waals surface area contributed by atoms with Gasteiger partial charge in [0, 0.05) is 16.5 Å². The van der Waals surface area contributed by atoms with Gasteiger partial charge in [0.05, 0.1) is 18.2 Å². The minimum absolute atomic E-state index is 0.111. The molecule has 34 heavy (non-hydrogen) atoms. The van der Waals surface area contributed by atoms with Gasteiger partial charge in [-0.3, -0.25) is 10.1 Å². The zero-order valence-electron chi connectivity index (χ0n) is 19.1. The average molecular weight is 480 g/mol. The van der Waals surface area contributed by atoms with Crippen LogP contribution in [0, 0.1) is 23.0 Å². The molecule has 3 aromatic carbocycles. The quantitative estimate of drug-likeness (QED) is 0.283. The van der Waals surface area contributed by atoms with E-state index in [1.807, 2.05) is 55.6 Å². The van der Waals surface area contributed by atoms with E-state index in [-0.39, 0.29) is 18.0 Å². The highest BCUT2D eigenvalue weighted by Gasteiger charge is 2.25. The van der Waals surface area contributed by atoms with Gasteiger partial charge in [-0.1, -0.05) is 55.8 Å². The Bertz CT molecular complexity index is 1140. The van der Waals surface area contributed by atoms with Crippen molar-refractivity contribution < 1.29 is 13.6 Å². The lowest BCUT2D eigenvalue weighted by Gasteiger charge is -2.26. The van der Waals surface area contributed by atoms with Crippen LogP contribution in [0.25, 0.3) is 11.1 Å². The highest BCUT2D eigenvalue weighted by Crippen LogP contribution is 2.29. The second kappa shape index (κ2) is 12.3. The highest BCUT2D eigenvalue weighted by atomic mass is 32.2. The van der Waals surface area contributed by atoms with Crippen LogP contribution in [-0.2, 0) is 4.79 Å². The summed E-state index contributed by atoms with van der Waals surface area (Å²) in [6, 6.07) is 19.9. The number of thioether (sulfide) groups is 1. The van der Waals surface area contributed by atoms with Gasteiger partial charge in [0.1, 0.15) is 18.2 Å². The molecule has 0 aliphatic heterocycles. The number of hydrogen-bond donors (Lipinski definition) is 2. The summed E-state index contributed by atoms with van der Waals surface area (Å²) in [7, 11) is 0. The SMILES string of the molecule is CCCC(NC(c1ccc(-c2ccc(SC)cc2)cc1)c1ccc(F)cc1F)C(=O)NCC#N. The molecule has 0 radical (unpaired) electrons. The molecule has 0 heterocycles. The number of halogens is 2. The van der Waals surface area contributed by atoms with Gasteiger partial charge < -0.3 is 5.32 Å². The first-order valence-electron chi connectivity index (χ1n) is 11.1. The Morgan fingerprint density at radius 1 is 1.03 bits per heavy atom. The fraction of sp³-hybridized carbons (Fsp3) is 0.259. The second-order valence-electron chi connectivity index (χ2n) is 7.83. The lowest BCUT2D eigenvalue weighted by Crippen LogP contribution is -2.46. The molecule has 2 unspecified atom stereocenters. The maximum Gasteiger partial charge on any atom is 0.237 e. The molecule has 2 N–H and O–H groups in total. The predicted molar refractivity (Wildman–Crippen MR) is 132 cm³/mol. The van der Waals surface area contributed by atoms with E-state index in [0.717, 1.165) is 22.8 Å². The number of rotatable bonds is 10. The van der Waals surface area contributed by atoms with Crippen molar-refractivity contribution >= 4 is 17.7 Å². The summed E-state index contributed by atoms with van der Waals surface area (Å²) >= 11 is 1.67. The topological polar surface area (TPSA) is 64.9 Å². The van der Waals surface area contributed by atoms with Gasteiger partial charge in [-0.15, -0.1) is 11.8 Å². The fourth-order valence-electron chi connectivity index (χ4n) is 3.78. The van der Waals surface area contributed by atoms with Crippen LogP contribution >= 0.6 is 11.8 Å². The van der Waals surface area contributed by atoms with Gasteiger partial charge in [-0.25, -0.2) is 8.78 Å². The summed E-state index contributed by atoms with van der Waals surface area (Å²) in [6.07, 6.45) is 3.23. The lowest BCUT2D eigenvalue weighted by atomic mass is 9.94. The minimum Gasteiger partial charge on any atom is -0.342 e. The van der Waals surface area contributed by atoms with Crippen LogP contribution in [0.3, 0.4) is 0 Å². The van der Waals surface area contributed by atoms with E-state index in [9.17, 15) is 13.6 Å². The van der Waals surface area contributed by atoms with E-state index in [1.165, 1.54) is 17.0 Å². The van der Waals surface area contributed by atoms with Crippen molar-refractivity contribution in [3.05, 3.63) is 89.5 Å². The van der Waals surface area contributed by atoms with Crippen molar-refractivity contribution in [1.29, 1.82) is 5.26 Å². The monoisotopic (exact) mass is 479 g/mol. The molecule has 3 rings (SSSR count). The van der Waals surface area contributed by atoms with Crippen LogP contribution < -0.4 is 10.6 Å². The molecule has 0 spiro atoms. The smallest absolute Gasteiger partial charge is 0.237 e. The van der Waals surface area contributed by atoms with E-state index in [4.69, 9.17) is 5.26 Å². The first-order chi connectivity index (χ1) is 16.5. The van der Waals surface area contributed by atoms with Crippen LogP contribution in [0.2, 0.25) is 0 Å². The van der Waals surface area contributed by atoms with Crippen molar-refractivity contribution in [3.63, 3.8) is 0 Å². The maximum atomic E-state index is 14.8. The molecule has 0 aromatic heterocycles. The van der Waals surface area contributed by atoms with Crippen molar-refractivity contribution in [2.45, 2.75) is 36.7 Å². The molecule has 7 heteroatoms. The molecule has 2 atom stereocenters. The van der Waals surface area contributed by atoms with E-state index < -0.39 is 23.7 Å². The van der Waals surface area contributed by atoms with Gasteiger partial charge in [-0.2, -0.15) is 5.26 Å². The highest BCUT2D eigenvalue weighted by molar-refractivity contribution is 7.98. The van der Waals surface area contributed by atoms with Gasteiger partial charge in [0.25, 0.3) is 0 Å². The number of benzene rings is 3. The molecule has 0 aliphatic carbocycles. The third-order valence-corrected chi connectivity index (χ3v) is 6.29. The Morgan fingerprint density at radius 3 is 2.24 bits per heavy atom. The summed E-state index contributed by atoms with van der Waals surface area (Å²) in [4.78, 5) is 13.8. The Balaban J connectivity index is 1.95. The van der Waals surface area contributed by atoms with E-state index >= 15 is 0 Å². The average Bonchev–Trinajstić information content (AvgIpc) is 2.86. The summed E-state index contributed by atoms with van der Waals surface area (Å²) in [5.74, 6) is -1.69. The van der Waals surface area contributed by atoms with Crippen molar-refractivity contribution in [1.82, 2.24) is 10.6 Å². The molecular weight excluding hydrogens is 452 g/mol. The van der Waals surface area contributed by atoms with Crippen molar-refractivity contribution in [2.75, 3.05) is 12.8 Å². The molecule has 3 aromatic rings. The zero-order valence-corrected chi connectivity index (χ0v) is 20.0. The number of nitrogens with zero attached hydrogens (tertiary/aromatic N) is 1. The summed E-state index contributed by atoms with van der Waals surface area (Å²) in [5, 5.41) is 14.6. The van der Waals surface area contributed by atoms with Crippen LogP contribution in [0.15, 0.2) is 71.6 Å². The Labute approximate surface area is 203 Å². The van der Waals surface area contributed by atoms with Crippen LogP contribution in [0.1, 0.15) is 36.9 Å². The first-order valence-corrected chi connectivity index (χ1v) is 12.3. The number of nitrogens with one attached hydrogen (secondary N) is 2. The van der Waals surface area contributed by atoms with Crippen LogP contribution in [-0.4, -0.2) is 24.7 Å². The Morgan fingerprint density at radius 2 is 1.68 bits per heavy atom. The van der Waals surface area contributed by atoms with E-state index in [2.05, 4.69) is 22.8 Å². The Hall–Kier alpha value is -3.21. The number of carbonyl (C=O) groups excluding carboxylic acids is 1. The third kappa shape index (κ3) is 6.43. The number of amides is 1. The minimum atomic E-state index is -0.693. The van der Waals surface area contributed by atoms with Crippen molar-refractivity contribution in [3.8, 4) is 17.2 Å². The summed E-state index contributed by atoms with van der Waals surface area (Å²) < 4.78 is 28.4. The van der Waals surface area contributed by atoms with Gasteiger partial charge in [-0.05, 0) is 47.6 Å². The third-order valence-electron chi connectivity index (χ3n) is 5.54. The molecule has 1 amide bonds. The van der Waals surface area contributed by atoms with Gasteiger partial charge in [0.2, 0.25) is 5.91 Å². The maximum absolute atomic E-state index is 14.8. The molecule has 4 nitrogen and oxygen atoms in total. The fourth-order valence-corrected chi connectivity index (χ4v) is 4.19. The van der Waals surface area contributed by atoms with Gasteiger partial charge in [0.15, 0.2) is 0 Å². The molecule has 0 saturated heterocycles. The molecule has 0 aliphatic rings. The molecule has 176 valence electrons. The normalized spacial score (nSPS) is 12.6. The first kappa shape index (κ1) is 25.4.